The fraction of sp³-hybridized carbons (Fsp3) is 0.136. The molecule has 0 aliphatic carbocycles. The summed E-state index contributed by atoms with van der Waals surface area (Å²) in [6.45, 7) is 1.39. The van der Waals surface area contributed by atoms with Crippen LogP contribution < -0.4 is 10.1 Å². The van der Waals surface area contributed by atoms with E-state index in [1.54, 1.807) is 30.4 Å². The van der Waals surface area contributed by atoms with Crippen LogP contribution in [0.4, 0.5) is 5.69 Å². The summed E-state index contributed by atoms with van der Waals surface area (Å²) in [6, 6.07) is 8.41. The maximum atomic E-state index is 12.4. The molecular weight excluding hydrogens is 457 g/mol. The second-order valence-corrected chi connectivity index (χ2v) is 7.42. The average Bonchev–Trinajstić information content (AvgIpc) is 3.14. The Morgan fingerprint density at radius 1 is 1.22 bits per heavy atom. The maximum absolute atomic E-state index is 12.4. The van der Waals surface area contributed by atoms with Gasteiger partial charge in [0.25, 0.3) is 5.91 Å². The van der Waals surface area contributed by atoms with Crippen molar-refractivity contribution in [1.29, 1.82) is 0 Å². The van der Waals surface area contributed by atoms with Crippen LogP contribution in [0.5, 0.6) is 5.88 Å². The second-order valence-electron chi connectivity index (χ2n) is 6.61. The molecule has 1 aromatic carbocycles. The third-order valence-corrected chi connectivity index (χ3v) is 5.01. The van der Waals surface area contributed by atoms with Gasteiger partial charge < -0.3 is 24.9 Å². The van der Waals surface area contributed by atoms with E-state index < -0.39 is 18.0 Å². The number of hydrogen-bond donors (Lipinski definition) is 3. The standard InChI is InChI=1S/C22H19Cl2N3O5/c1-12(22(29)30)32-20-7-6-15(11-25-20)27-21(28)19(31-2)5-3-4-14-8-13-9-16(23)17(24)10-18(13)26-14/h3-12,26H,1-2H3,(H,27,28)(H,29,30)/b4-3+,19-5-/t12-/m0/s1. The molecule has 0 spiro atoms. The number of aliphatic carboxylic acids is 1. The van der Waals surface area contributed by atoms with Crippen molar-refractivity contribution in [3.8, 4) is 5.88 Å². The van der Waals surface area contributed by atoms with Gasteiger partial charge in [0.2, 0.25) is 5.88 Å². The number of fused-ring (bicyclic) bond motifs is 1. The molecule has 0 saturated carbocycles. The fourth-order valence-corrected chi connectivity index (χ4v) is 3.00. The van der Waals surface area contributed by atoms with E-state index >= 15 is 0 Å². The number of pyridine rings is 1. The number of carbonyl (C=O) groups excluding carboxylic acids is 1. The predicted octanol–water partition coefficient (Wildman–Crippen LogP) is 4.90. The fourth-order valence-electron chi connectivity index (χ4n) is 2.66. The van der Waals surface area contributed by atoms with E-state index in [1.165, 1.54) is 32.4 Å². The van der Waals surface area contributed by atoms with Gasteiger partial charge in [0, 0.05) is 22.7 Å². The largest absolute Gasteiger partial charge is 0.491 e. The van der Waals surface area contributed by atoms with E-state index in [0.717, 1.165) is 16.6 Å². The lowest BCUT2D eigenvalue weighted by Crippen LogP contribution is -2.23. The van der Waals surface area contributed by atoms with Crippen LogP contribution in [0.3, 0.4) is 0 Å². The number of carbonyl (C=O) groups is 2. The van der Waals surface area contributed by atoms with Gasteiger partial charge in [0.15, 0.2) is 11.9 Å². The molecule has 3 rings (SSSR count). The van der Waals surface area contributed by atoms with Crippen LogP contribution in [0, 0.1) is 0 Å². The summed E-state index contributed by atoms with van der Waals surface area (Å²) in [5.74, 6) is -1.39. The normalized spacial score (nSPS) is 12.7. The monoisotopic (exact) mass is 475 g/mol. The topological polar surface area (TPSA) is 114 Å². The zero-order valence-corrected chi connectivity index (χ0v) is 18.6. The van der Waals surface area contributed by atoms with E-state index in [9.17, 15) is 9.59 Å². The number of methoxy groups -OCH3 is 1. The Morgan fingerprint density at radius 3 is 2.62 bits per heavy atom. The Morgan fingerprint density at radius 2 is 1.97 bits per heavy atom. The number of nitrogens with zero attached hydrogens (tertiary/aromatic N) is 1. The highest BCUT2D eigenvalue weighted by molar-refractivity contribution is 6.42. The van der Waals surface area contributed by atoms with Gasteiger partial charge in [-0.25, -0.2) is 9.78 Å². The molecular formula is C22H19Cl2N3O5. The first kappa shape index (κ1) is 23.2. The zero-order valence-electron chi connectivity index (χ0n) is 17.1. The molecule has 32 heavy (non-hydrogen) atoms. The lowest BCUT2D eigenvalue weighted by Gasteiger charge is -2.10. The van der Waals surface area contributed by atoms with Crippen LogP contribution >= 0.6 is 23.2 Å². The summed E-state index contributed by atoms with van der Waals surface area (Å²) < 4.78 is 10.3. The van der Waals surface area contributed by atoms with E-state index in [1.807, 2.05) is 6.07 Å². The SMILES string of the molecule is CO/C(=C\C=C\c1cc2cc(Cl)c(Cl)cc2[nH]1)C(=O)Nc1ccc(O[C@@H](C)C(=O)O)nc1. The number of H-pyrrole nitrogens is 1. The summed E-state index contributed by atoms with van der Waals surface area (Å²) in [4.78, 5) is 30.4. The number of benzene rings is 1. The van der Waals surface area contributed by atoms with Gasteiger partial charge in [-0.2, -0.15) is 0 Å². The van der Waals surface area contributed by atoms with E-state index in [-0.39, 0.29) is 11.6 Å². The minimum Gasteiger partial charge on any atom is -0.491 e. The number of aromatic nitrogens is 2. The Labute approximate surface area is 193 Å². The number of aromatic amines is 1. The van der Waals surface area contributed by atoms with Crippen LogP contribution in [0.2, 0.25) is 10.0 Å². The first-order valence-corrected chi connectivity index (χ1v) is 10.1. The number of halogens is 2. The number of nitrogens with one attached hydrogen (secondary N) is 2. The van der Waals surface area contributed by atoms with Crippen molar-refractivity contribution in [2.75, 3.05) is 12.4 Å². The highest BCUT2D eigenvalue weighted by atomic mass is 35.5. The first-order valence-electron chi connectivity index (χ1n) is 9.34. The Hall–Kier alpha value is -3.49. The van der Waals surface area contributed by atoms with Gasteiger partial charge >= 0.3 is 5.97 Å². The number of carboxylic acids is 1. The molecule has 0 aliphatic rings. The van der Waals surface area contributed by atoms with Gasteiger partial charge in [0.1, 0.15) is 0 Å². The molecule has 2 aromatic heterocycles. The van der Waals surface area contributed by atoms with Crippen molar-refractivity contribution in [3.05, 3.63) is 70.2 Å². The Kier molecular flexibility index (Phi) is 7.40. The molecule has 8 nitrogen and oxygen atoms in total. The van der Waals surface area contributed by atoms with Crippen molar-refractivity contribution in [3.63, 3.8) is 0 Å². The maximum Gasteiger partial charge on any atom is 0.344 e. The van der Waals surface area contributed by atoms with E-state index in [4.69, 9.17) is 37.8 Å². The number of rotatable bonds is 8. The predicted molar refractivity (Wildman–Crippen MR) is 123 cm³/mol. The van der Waals surface area contributed by atoms with Gasteiger partial charge in [-0.1, -0.05) is 29.3 Å². The third kappa shape index (κ3) is 5.81. The molecule has 0 radical (unpaired) electrons. The van der Waals surface area contributed by atoms with Crippen LogP contribution in [0.25, 0.3) is 17.0 Å². The molecule has 0 unspecified atom stereocenters. The van der Waals surface area contributed by atoms with Crippen molar-refractivity contribution in [2.24, 2.45) is 0 Å². The molecule has 1 atom stereocenters. The molecule has 0 bridgehead atoms. The molecule has 10 heteroatoms. The number of ether oxygens (including phenoxy) is 2. The van der Waals surface area contributed by atoms with Crippen molar-refractivity contribution in [2.45, 2.75) is 13.0 Å². The minimum absolute atomic E-state index is 0.0725. The third-order valence-electron chi connectivity index (χ3n) is 4.29. The van der Waals surface area contributed by atoms with Gasteiger partial charge in [-0.05, 0) is 43.3 Å². The van der Waals surface area contributed by atoms with E-state index in [2.05, 4.69) is 15.3 Å². The summed E-state index contributed by atoms with van der Waals surface area (Å²) in [5.41, 5.74) is 2.02. The van der Waals surface area contributed by atoms with Gasteiger partial charge in [-0.3, -0.25) is 4.79 Å². The van der Waals surface area contributed by atoms with Crippen LogP contribution in [0.1, 0.15) is 12.6 Å². The van der Waals surface area contributed by atoms with Crippen LogP contribution in [0.15, 0.2) is 54.4 Å². The van der Waals surface area contributed by atoms with Gasteiger partial charge in [-0.15, -0.1) is 0 Å². The summed E-state index contributed by atoms with van der Waals surface area (Å²) >= 11 is 12.1. The van der Waals surface area contributed by atoms with Crippen molar-refractivity contribution >= 4 is 57.7 Å². The average molecular weight is 476 g/mol. The highest BCUT2D eigenvalue weighted by Gasteiger charge is 2.14. The molecule has 3 aromatic rings. The molecule has 0 saturated heterocycles. The summed E-state index contributed by atoms with van der Waals surface area (Å²) in [7, 11) is 1.38. The molecule has 2 heterocycles. The number of anilines is 1. The number of carboxylic acid groups (broad SMARTS) is 1. The second kappa shape index (κ2) is 10.2. The summed E-state index contributed by atoms with van der Waals surface area (Å²) in [5, 5.41) is 13.3. The zero-order chi connectivity index (χ0) is 23.3. The van der Waals surface area contributed by atoms with Crippen molar-refractivity contribution < 1.29 is 24.2 Å². The van der Waals surface area contributed by atoms with E-state index in [0.29, 0.717) is 15.7 Å². The highest BCUT2D eigenvalue weighted by Crippen LogP contribution is 2.28. The number of hydrogen-bond acceptors (Lipinski definition) is 5. The van der Waals surface area contributed by atoms with Crippen LogP contribution in [-0.2, 0) is 14.3 Å². The lowest BCUT2D eigenvalue weighted by atomic mass is 10.2. The Balaban J connectivity index is 1.65. The van der Waals surface area contributed by atoms with Crippen molar-refractivity contribution in [1.82, 2.24) is 9.97 Å². The molecule has 0 aliphatic heterocycles. The summed E-state index contributed by atoms with van der Waals surface area (Å²) in [6.07, 6.45) is 5.26. The van der Waals surface area contributed by atoms with Crippen LogP contribution in [-0.4, -0.2) is 40.2 Å². The number of allylic oxidation sites excluding steroid dienone is 2. The first-order chi connectivity index (χ1) is 15.3. The van der Waals surface area contributed by atoms with Gasteiger partial charge in [0.05, 0.1) is 29.0 Å². The quantitative estimate of drug-likeness (QED) is 0.242. The number of amides is 1. The minimum atomic E-state index is -1.10. The lowest BCUT2D eigenvalue weighted by molar-refractivity contribution is -0.144. The smallest absolute Gasteiger partial charge is 0.344 e. The molecule has 3 N–H and O–H groups in total. The molecule has 0 fully saturated rings. The molecule has 1 amide bonds. The Bertz CT molecular complexity index is 1160. The molecule has 166 valence electrons.